The minimum atomic E-state index is -0.551. The molecule has 0 spiro atoms. The van der Waals surface area contributed by atoms with Crippen LogP contribution in [0.3, 0.4) is 0 Å². The fourth-order valence-electron chi connectivity index (χ4n) is 7.62. The Balaban J connectivity index is 0.854. The molecule has 2 aliphatic rings. The Morgan fingerprint density at radius 1 is 0.482 bits per heavy atom. The predicted molar refractivity (Wildman–Crippen MR) is 219 cm³/mol. The average Bonchev–Trinajstić information content (AvgIpc) is 4.09. The van der Waals surface area contributed by atoms with E-state index in [-0.39, 0.29) is 23.6 Å². The van der Waals surface area contributed by atoms with Crippen molar-refractivity contribution in [1.29, 1.82) is 0 Å². The number of likely N-dealkylation sites (tertiary alicyclic amines) is 2. The van der Waals surface area contributed by atoms with E-state index in [0.717, 1.165) is 35.3 Å². The Labute approximate surface area is 325 Å². The number of nitrogens with zero attached hydrogens (tertiary/aromatic N) is 4. The lowest BCUT2D eigenvalue weighted by Gasteiger charge is -2.25. The largest absolute Gasteiger partial charge is 0.327 e. The Bertz CT molecular complexity index is 2200. The quantitative estimate of drug-likeness (QED) is 0.139. The van der Waals surface area contributed by atoms with Crippen LogP contribution in [0, 0.1) is 0 Å². The summed E-state index contributed by atoms with van der Waals surface area (Å²) in [6.07, 6.45) is 14.3. The van der Waals surface area contributed by atoms with E-state index in [0.29, 0.717) is 48.4 Å². The van der Waals surface area contributed by atoms with Gasteiger partial charge in [-0.25, -0.2) is 0 Å². The molecule has 2 atom stereocenters. The van der Waals surface area contributed by atoms with E-state index in [1.165, 1.54) is 0 Å². The summed E-state index contributed by atoms with van der Waals surface area (Å²) < 4.78 is 3.82. The van der Waals surface area contributed by atoms with Crippen LogP contribution >= 0.6 is 0 Å². The highest BCUT2D eigenvalue weighted by Crippen LogP contribution is 2.27. The number of hydrogen-bond donors (Lipinski definition) is 2. The zero-order chi connectivity index (χ0) is 38.4. The van der Waals surface area contributed by atoms with Gasteiger partial charge in [0.25, 0.3) is 11.8 Å². The van der Waals surface area contributed by atoms with Gasteiger partial charge < -0.3 is 29.6 Å². The molecule has 0 aliphatic carbocycles. The summed E-state index contributed by atoms with van der Waals surface area (Å²) >= 11 is 0. The van der Waals surface area contributed by atoms with E-state index in [4.69, 9.17) is 0 Å². The molecule has 2 aliphatic heterocycles. The van der Waals surface area contributed by atoms with Crippen molar-refractivity contribution in [3.05, 3.63) is 168 Å². The first-order valence-corrected chi connectivity index (χ1v) is 19.0. The normalized spacial score (nSPS) is 16.6. The number of aromatic nitrogens is 2. The molecule has 0 radical (unpaired) electrons. The smallest absolute Gasteiger partial charge is 0.256 e. The van der Waals surface area contributed by atoms with Crippen molar-refractivity contribution in [2.75, 3.05) is 23.7 Å². The van der Waals surface area contributed by atoms with Crippen LogP contribution in [0.25, 0.3) is 23.5 Å². The second-order valence-electron chi connectivity index (χ2n) is 14.1. The first-order chi connectivity index (χ1) is 27.4. The summed E-state index contributed by atoms with van der Waals surface area (Å²) in [6, 6.07) is 36.6. The molecule has 8 rings (SSSR count). The van der Waals surface area contributed by atoms with Gasteiger partial charge in [0.05, 0.1) is 22.5 Å². The highest BCUT2D eigenvalue weighted by atomic mass is 16.2. The molecule has 56 heavy (non-hydrogen) atoms. The number of carbonyl (C=O) groups is 4. The SMILES string of the molecule is O=C(Nc1ccc(C=Cc2ccc(NC(=O)[C@@H]3CCCN3C(=O)c3ccccc3-n3cccc3)cc2)cc1)[C@@H]1CCCN1C(=O)c1ccccc1-n1cccc1. The molecule has 280 valence electrons. The first-order valence-electron chi connectivity index (χ1n) is 19.0. The lowest BCUT2D eigenvalue weighted by atomic mass is 10.1. The predicted octanol–water partition coefficient (Wildman–Crippen LogP) is 7.93. The van der Waals surface area contributed by atoms with Crippen molar-refractivity contribution >= 4 is 47.2 Å². The molecule has 0 bridgehead atoms. The maximum absolute atomic E-state index is 13.7. The summed E-state index contributed by atoms with van der Waals surface area (Å²) in [5, 5.41) is 6.02. The zero-order valence-electron chi connectivity index (χ0n) is 30.8. The monoisotopic (exact) mass is 742 g/mol. The number of benzene rings is 4. The van der Waals surface area contributed by atoms with Crippen molar-refractivity contribution in [2.45, 2.75) is 37.8 Å². The zero-order valence-corrected chi connectivity index (χ0v) is 30.8. The summed E-state index contributed by atoms with van der Waals surface area (Å²) in [7, 11) is 0. The fourth-order valence-corrected chi connectivity index (χ4v) is 7.62. The molecule has 10 heteroatoms. The average molecular weight is 743 g/mol. The molecule has 2 fully saturated rings. The standard InChI is InChI=1S/C46H42N6O4/c53-43(41-15-9-31-51(41)45(55)37-11-1-3-13-39(37)49-27-5-6-28-49)47-35-23-19-33(20-24-35)17-18-34-21-25-36(26-22-34)48-44(54)42-16-10-32-52(42)46(56)38-12-2-4-14-40(38)50-29-7-8-30-50/h1-8,11-14,17-30,41-42H,9-10,15-16,31-32H2,(H,47,53)(H,48,54)/t41-,42-/m0/s1. The third-order valence-electron chi connectivity index (χ3n) is 10.5. The molecule has 4 aromatic carbocycles. The van der Waals surface area contributed by atoms with Gasteiger partial charge in [0.2, 0.25) is 11.8 Å². The van der Waals surface area contributed by atoms with Gasteiger partial charge in [0, 0.05) is 49.3 Å². The van der Waals surface area contributed by atoms with Crippen molar-refractivity contribution in [1.82, 2.24) is 18.9 Å². The van der Waals surface area contributed by atoms with Crippen molar-refractivity contribution in [2.24, 2.45) is 0 Å². The van der Waals surface area contributed by atoms with Crippen LogP contribution in [0.4, 0.5) is 11.4 Å². The van der Waals surface area contributed by atoms with Crippen LogP contribution in [0.5, 0.6) is 0 Å². The maximum atomic E-state index is 13.7. The lowest BCUT2D eigenvalue weighted by Crippen LogP contribution is -2.43. The molecule has 4 amide bonds. The van der Waals surface area contributed by atoms with Gasteiger partial charge in [0.15, 0.2) is 0 Å². The summed E-state index contributed by atoms with van der Waals surface area (Å²) in [4.78, 5) is 57.6. The second kappa shape index (κ2) is 16.2. The van der Waals surface area contributed by atoms with Crippen molar-refractivity contribution < 1.29 is 19.2 Å². The van der Waals surface area contributed by atoms with Gasteiger partial charge >= 0.3 is 0 Å². The topological polar surface area (TPSA) is 109 Å². The molecule has 0 unspecified atom stereocenters. The molecular formula is C46H42N6O4. The van der Waals surface area contributed by atoms with Gasteiger partial charge in [-0.15, -0.1) is 0 Å². The number of nitrogens with one attached hydrogen (secondary N) is 2. The minimum absolute atomic E-state index is 0.152. The van der Waals surface area contributed by atoms with Crippen LogP contribution in [0.1, 0.15) is 57.5 Å². The van der Waals surface area contributed by atoms with E-state index < -0.39 is 12.1 Å². The highest BCUT2D eigenvalue weighted by molar-refractivity contribution is 6.04. The third kappa shape index (κ3) is 7.67. The van der Waals surface area contributed by atoms with E-state index >= 15 is 0 Å². The minimum Gasteiger partial charge on any atom is -0.327 e. The van der Waals surface area contributed by atoms with Gasteiger partial charge in [-0.05, 0) is 110 Å². The van der Waals surface area contributed by atoms with Crippen LogP contribution in [0.2, 0.25) is 0 Å². The highest BCUT2D eigenvalue weighted by Gasteiger charge is 2.36. The summed E-state index contributed by atoms with van der Waals surface area (Å²) in [5.41, 5.74) is 5.91. The van der Waals surface area contributed by atoms with Crippen LogP contribution in [-0.2, 0) is 9.59 Å². The Kier molecular flexibility index (Phi) is 10.4. The van der Waals surface area contributed by atoms with Crippen LogP contribution in [-0.4, -0.2) is 67.7 Å². The molecule has 2 N–H and O–H groups in total. The van der Waals surface area contributed by atoms with Gasteiger partial charge in [-0.2, -0.15) is 0 Å². The number of para-hydroxylation sites is 2. The fraction of sp³-hybridized carbons (Fsp3) is 0.174. The maximum Gasteiger partial charge on any atom is 0.256 e. The third-order valence-corrected chi connectivity index (χ3v) is 10.5. The first kappa shape index (κ1) is 36.1. The van der Waals surface area contributed by atoms with E-state index in [2.05, 4.69) is 10.6 Å². The number of amides is 4. The van der Waals surface area contributed by atoms with Gasteiger partial charge in [0.1, 0.15) is 12.1 Å². The number of carbonyl (C=O) groups excluding carboxylic acids is 4. The van der Waals surface area contributed by atoms with Crippen molar-refractivity contribution in [3.8, 4) is 11.4 Å². The summed E-state index contributed by atoms with van der Waals surface area (Å²) in [6.45, 7) is 1.05. The molecule has 2 saturated heterocycles. The molecule has 2 aromatic heterocycles. The Hall–Kier alpha value is -6.94. The number of hydrogen-bond acceptors (Lipinski definition) is 4. The molecule has 4 heterocycles. The van der Waals surface area contributed by atoms with E-state index in [9.17, 15) is 19.2 Å². The Morgan fingerprint density at radius 2 is 0.857 bits per heavy atom. The molecular weight excluding hydrogens is 701 g/mol. The van der Waals surface area contributed by atoms with E-state index in [1.807, 2.05) is 167 Å². The number of anilines is 2. The van der Waals surface area contributed by atoms with Crippen LogP contribution in [0.15, 0.2) is 146 Å². The second-order valence-corrected chi connectivity index (χ2v) is 14.1. The van der Waals surface area contributed by atoms with E-state index in [1.54, 1.807) is 9.80 Å². The number of rotatable bonds is 10. The van der Waals surface area contributed by atoms with Gasteiger partial charge in [-0.3, -0.25) is 19.2 Å². The summed E-state index contributed by atoms with van der Waals surface area (Å²) in [5.74, 6) is -0.701. The van der Waals surface area contributed by atoms with Gasteiger partial charge in [-0.1, -0.05) is 60.7 Å². The molecule has 0 saturated carbocycles. The lowest BCUT2D eigenvalue weighted by molar-refractivity contribution is -0.120. The Morgan fingerprint density at radius 3 is 1.25 bits per heavy atom. The van der Waals surface area contributed by atoms with Crippen molar-refractivity contribution in [3.63, 3.8) is 0 Å². The van der Waals surface area contributed by atoms with Crippen LogP contribution < -0.4 is 10.6 Å². The molecule has 6 aromatic rings. The molecule has 10 nitrogen and oxygen atoms in total.